The fraction of sp³-hybridized carbons (Fsp3) is 0.446. The Hall–Kier alpha value is -16.6. The summed E-state index contributed by atoms with van der Waals surface area (Å²) in [5, 5.41) is 88.6. The average Bonchev–Trinajstić information content (AvgIpc) is 1.69. The third kappa shape index (κ3) is 39.6. The van der Waals surface area contributed by atoms with Crippen LogP contribution in [0.3, 0.4) is 0 Å². The Morgan fingerprint density at radius 1 is 0.401 bits per heavy atom. The number of aliphatic hydroxyl groups excluding tert-OH is 1. The normalized spacial score (nSPS) is 14.7. The summed E-state index contributed by atoms with van der Waals surface area (Å²) in [5.41, 5.74) is 47.5. The number of carboxylic acid groups (broad SMARTS) is 1. The summed E-state index contributed by atoms with van der Waals surface area (Å²) >= 11 is 4.05. The zero-order valence-electron chi connectivity index (χ0n) is 80.1. The number of nitrogens with two attached hydrogens (primary N) is 8. The molecule has 54 nitrogen and oxygen atoms in total. The highest BCUT2D eigenvalue weighted by Crippen LogP contribution is 2.24. The number of carbonyl (C=O) groups is 21. The van der Waals surface area contributed by atoms with Crippen LogP contribution in [0.15, 0.2) is 116 Å². The van der Waals surface area contributed by atoms with Crippen molar-refractivity contribution in [2.24, 2.45) is 45.9 Å². The Morgan fingerprint density at radius 2 is 0.776 bits per heavy atom. The fourth-order valence-electron chi connectivity index (χ4n) is 15.6. The third-order valence-corrected chi connectivity index (χ3v) is 23.5. The molecular formula is C92H128N30O24S. The molecule has 14 atom stereocenters. The number of aromatic hydroxyl groups is 1. The molecule has 2 aromatic heterocycles. The Bertz CT molecular complexity index is 5690. The van der Waals surface area contributed by atoms with Crippen LogP contribution in [-0.2, 0) is 126 Å². The molecular weight excluding hydrogens is 1940 g/mol. The Morgan fingerprint density at radius 3 is 1.24 bits per heavy atom. The van der Waals surface area contributed by atoms with Gasteiger partial charge in [0.2, 0.25) is 118 Å². The van der Waals surface area contributed by atoms with Crippen molar-refractivity contribution in [1.29, 1.82) is 10.8 Å². The number of H-pyrrole nitrogens is 2. The monoisotopic (exact) mass is 2070 g/mol. The number of thiol groups is 1. The highest BCUT2D eigenvalue weighted by atomic mass is 32.1. The van der Waals surface area contributed by atoms with Crippen LogP contribution in [0.4, 0.5) is 0 Å². The molecule has 0 spiro atoms. The predicted molar refractivity (Wildman–Crippen MR) is 531 cm³/mol. The number of unbranched alkanes of at least 4 members (excludes halogenated alkanes) is 1. The molecule has 3 heterocycles. The zero-order valence-corrected chi connectivity index (χ0v) is 81.0. The van der Waals surface area contributed by atoms with Gasteiger partial charge in [-0.2, -0.15) is 12.6 Å². The smallest absolute Gasteiger partial charge is 0.322 e. The summed E-state index contributed by atoms with van der Waals surface area (Å²) in [7, 11) is 0. The van der Waals surface area contributed by atoms with Crippen molar-refractivity contribution < 1.29 is 116 Å². The van der Waals surface area contributed by atoms with Gasteiger partial charge >= 0.3 is 5.97 Å². The van der Waals surface area contributed by atoms with Gasteiger partial charge in [0.1, 0.15) is 90.8 Å². The third-order valence-electron chi connectivity index (χ3n) is 23.1. The molecule has 55 heteroatoms. The minimum Gasteiger partial charge on any atom is -0.508 e. The van der Waals surface area contributed by atoms with E-state index < -0.39 is 292 Å². The first-order chi connectivity index (χ1) is 69.9. The van der Waals surface area contributed by atoms with Crippen LogP contribution >= 0.6 is 12.6 Å². The second kappa shape index (κ2) is 59.5. The zero-order chi connectivity index (χ0) is 108. The molecule has 0 aliphatic carbocycles. The van der Waals surface area contributed by atoms with Gasteiger partial charge < -0.3 is 166 Å². The van der Waals surface area contributed by atoms with Gasteiger partial charge in [0, 0.05) is 91.7 Å². The van der Waals surface area contributed by atoms with Crippen molar-refractivity contribution in [2.45, 2.75) is 200 Å². The maximum Gasteiger partial charge on any atom is 0.322 e. The number of hydrogen-bond donors (Lipinski definition) is 33. The molecule has 7 rings (SSSR count). The van der Waals surface area contributed by atoms with Gasteiger partial charge in [-0.15, -0.1) is 0 Å². The minimum atomic E-state index is -2.11. The number of carboxylic acids is 1. The number of primary amides is 4. The first-order valence-corrected chi connectivity index (χ1v) is 47.4. The van der Waals surface area contributed by atoms with Gasteiger partial charge in [0.05, 0.1) is 45.0 Å². The molecule has 147 heavy (non-hydrogen) atoms. The van der Waals surface area contributed by atoms with E-state index in [1.165, 1.54) is 36.7 Å². The van der Waals surface area contributed by atoms with E-state index in [4.69, 9.17) is 61.8 Å². The van der Waals surface area contributed by atoms with E-state index in [1.54, 1.807) is 78.9 Å². The van der Waals surface area contributed by atoms with Gasteiger partial charge in [-0.05, 0) is 117 Å². The van der Waals surface area contributed by atoms with Crippen molar-refractivity contribution in [3.63, 3.8) is 0 Å². The summed E-state index contributed by atoms with van der Waals surface area (Å²) in [5.74, 6) is -24.5. The van der Waals surface area contributed by atoms with Crippen LogP contribution in [0, 0.1) is 10.8 Å². The SMILES string of the molecule is N=C(N)NCCC[C@H](NC(=O)CNC(=O)[C@H](Cc1c[nH]c2ccccc12)NC(=O)[C@H](CC(N)=O)NC(=O)[C@@H]1CCCN1C(=O)[C@@H](N)CC(N)=O)C(=O)N[C@@H](CO)C(=O)N[C@@H](Cc1c[nH]c2ccccc12)C(=O)N[C@@H](Cc1ccc(O)cc1)C(=O)N[C@@H](CC(N)=O)C(=O)N[C@@H](CCC(N)=O)C(=O)N[C@@H](CCCNC(=N)N)C(=O)N[C@@H](Cc1ccccc1)C(=O)N[C@@H](CCCCN)C(=O)NCC(=O)N[C@@H](CS)C(=O)NCC(=O)O. The number of nitrogens with zero attached hydrogens (tertiary/aromatic N) is 1. The number of phenolic OH excluding ortho intramolecular Hbond substituents is 1. The fourth-order valence-corrected chi connectivity index (χ4v) is 15.9. The van der Waals surface area contributed by atoms with Crippen LogP contribution in [0.5, 0.6) is 5.75 Å². The van der Waals surface area contributed by atoms with E-state index in [1.807, 2.05) is 0 Å². The quantitative estimate of drug-likeness (QED) is 0.00730. The van der Waals surface area contributed by atoms with Gasteiger partial charge in [-0.25, -0.2) is 0 Å². The average molecular weight is 2070 g/mol. The number of hydrogen-bond acceptors (Lipinski definition) is 28. The highest BCUT2D eigenvalue weighted by Gasteiger charge is 2.42. The standard InChI is InChI=1S/C92H128N30O24S/c93-29-9-8-19-57(77(133)107-43-75(130)111-68(46-147)79(135)109-44-76(131)132)112-83(139)61(33-47-13-2-1-3-14-47)115-81(137)59(21-11-31-104-92(101)102)113-82(138)60(27-28-70(95)125)114-86(142)65(38-72(97)127)119-84(140)62(34-48-23-25-51(124)26-24-48)116-85(141)64(36-50-41-106-56-18-7-5-16-53(50)56)118-88(144)67(45-123)121-80(136)58(20-10-30-103-91(99)100)110-74(129)42-108-78(134)63(35-49-40-105-55-17-6-4-15-52(49)55)117-87(143)66(39-73(98)128)120-89(145)69-22-12-32-122(69)90(146)54(94)37-71(96)126/h1-7,13-18,23-26,40-41,54,57-69,105-106,123-124,147H,8-12,19-22,27-39,42-46,93-94H2,(H2,95,125)(H2,96,126)(H2,97,127)(H2,98,128)(H,107,133)(H,108,134)(H,109,135)(H,110,129)(H,111,130)(H,112,139)(H,113,138)(H,114,142)(H,115,137)(H,116,141)(H,117,143)(H,118,144)(H,119,140)(H,120,145)(H,121,136)(H,131,132)(H4,99,100,103)(H4,101,102,104)/t54-,57-,58-,59-,60-,61-,62-,63-,64-,65-,66-,67-,68-,69-/m0/s1. The van der Waals surface area contributed by atoms with E-state index in [0.717, 1.165) is 4.90 Å². The summed E-state index contributed by atoms with van der Waals surface area (Å²) in [6.07, 6.45) is -2.29. The van der Waals surface area contributed by atoms with Crippen LogP contribution in [-0.4, -0.2) is 309 Å². The number of likely N-dealkylation sites (tertiary alicyclic amines) is 1. The van der Waals surface area contributed by atoms with Gasteiger partial charge in [0.25, 0.3) is 0 Å². The first-order valence-electron chi connectivity index (χ1n) is 46.8. The van der Waals surface area contributed by atoms with Crippen LogP contribution in [0.1, 0.15) is 112 Å². The second-order valence-corrected chi connectivity index (χ2v) is 34.9. The molecule has 1 aliphatic rings. The molecule has 0 bridgehead atoms. The predicted octanol–water partition coefficient (Wildman–Crippen LogP) is -10.3. The van der Waals surface area contributed by atoms with Crippen molar-refractivity contribution >= 4 is 170 Å². The largest absolute Gasteiger partial charge is 0.508 e. The molecule has 40 N–H and O–H groups in total. The summed E-state index contributed by atoms with van der Waals surface area (Å²) in [6, 6.07) is 3.10. The minimum absolute atomic E-state index is 0.0252. The van der Waals surface area contributed by atoms with Crippen molar-refractivity contribution in [1.82, 2.24) is 105 Å². The summed E-state index contributed by atoms with van der Waals surface area (Å²) in [6.45, 7) is -3.74. The number of benzene rings is 4. The number of aliphatic hydroxyl groups is 1. The number of phenols is 1. The molecule has 796 valence electrons. The lowest BCUT2D eigenvalue weighted by atomic mass is 10.0. The number of aromatic amines is 2. The number of aromatic nitrogens is 2. The lowest BCUT2D eigenvalue weighted by Crippen LogP contribution is -2.61. The maximum absolute atomic E-state index is 15.4. The number of aliphatic carboxylic acids is 1. The van der Waals surface area contributed by atoms with Crippen molar-refractivity contribution in [3.8, 4) is 5.75 Å². The number of para-hydroxylation sites is 2. The van der Waals surface area contributed by atoms with E-state index in [-0.39, 0.29) is 101 Å². The van der Waals surface area contributed by atoms with Crippen LogP contribution in [0.2, 0.25) is 0 Å². The molecule has 20 amide bonds. The van der Waals surface area contributed by atoms with E-state index >= 15 is 9.59 Å². The number of fused-ring (bicyclic) bond motifs is 2. The number of rotatable bonds is 63. The molecule has 0 radical (unpaired) electrons. The molecule has 4 aromatic carbocycles. The summed E-state index contributed by atoms with van der Waals surface area (Å²) < 4.78 is 0. The number of amides is 20. The van der Waals surface area contributed by atoms with Crippen molar-refractivity contribution in [2.75, 3.05) is 58.2 Å². The van der Waals surface area contributed by atoms with Crippen molar-refractivity contribution in [3.05, 3.63) is 138 Å². The topological polar surface area (TPSA) is 914 Å². The van der Waals surface area contributed by atoms with E-state index in [9.17, 15) is 101 Å². The second-order valence-electron chi connectivity index (χ2n) is 34.5. The Kier molecular flexibility index (Phi) is 47.5. The van der Waals surface area contributed by atoms with Crippen LogP contribution in [0.25, 0.3) is 21.8 Å². The molecule has 1 fully saturated rings. The maximum atomic E-state index is 15.4. The van der Waals surface area contributed by atoms with Gasteiger partial charge in [-0.3, -0.25) is 112 Å². The Balaban J connectivity index is 1.13. The molecule has 1 saturated heterocycles. The van der Waals surface area contributed by atoms with Crippen LogP contribution < -0.4 is 136 Å². The number of carbonyl (C=O) groups excluding carboxylic acids is 20. The number of nitrogens with one attached hydrogen (secondary N) is 21. The van der Waals surface area contributed by atoms with Gasteiger partial charge in [0.15, 0.2) is 11.9 Å². The van der Waals surface area contributed by atoms with E-state index in [2.05, 4.69) is 113 Å². The summed E-state index contributed by atoms with van der Waals surface area (Å²) in [4.78, 5) is 297. The number of guanidine groups is 2. The Labute approximate surface area is 846 Å². The molecule has 0 unspecified atom stereocenters. The lowest BCUT2D eigenvalue weighted by molar-refractivity contribution is -0.141. The lowest BCUT2D eigenvalue weighted by Gasteiger charge is -2.28. The van der Waals surface area contributed by atoms with Gasteiger partial charge in [-0.1, -0.05) is 78.9 Å². The highest BCUT2D eigenvalue weighted by molar-refractivity contribution is 7.80. The van der Waals surface area contributed by atoms with E-state index in [0.29, 0.717) is 51.3 Å². The molecule has 6 aromatic rings. The first kappa shape index (κ1) is 117. The molecule has 1 aliphatic heterocycles. The molecule has 0 saturated carbocycles.